The first-order chi connectivity index (χ1) is 10.2. The van der Waals surface area contributed by atoms with Gasteiger partial charge in [0, 0.05) is 0 Å². The molecule has 6 N–H and O–H groups in total. The van der Waals surface area contributed by atoms with Crippen molar-refractivity contribution in [3.63, 3.8) is 0 Å². The maximum Gasteiger partial charge on any atom is 0.322 e. The lowest BCUT2D eigenvalue weighted by atomic mass is 9.98. The van der Waals surface area contributed by atoms with Gasteiger partial charge in [-0.15, -0.1) is 0 Å². The number of hydrogen-bond acceptors (Lipinski definition) is 5. The normalized spacial score (nSPS) is 14.4. The average molecular weight is 316 g/mol. The average Bonchev–Trinajstić information content (AvgIpc) is 2.46. The molecule has 0 aliphatic rings. The van der Waals surface area contributed by atoms with Crippen LogP contribution in [0.4, 0.5) is 0 Å². The fourth-order valence-corrected chi connectivity index (χ4v) is 1.53. The van der Waals surface area contributed by atoms with Crippen molar-refractivity contribution in [2.24, 2.45) is 11.7 Å². The molecule has 3 atom stereocenters. The molecule has 0 spiro atoms. The van der Waals surface area contributed by atoms with Crippen molar-refractivity contribution in [2.75, 3.05) is 13.1 Å². The number of aliphatic carboxylic acids is 1. The van der Waals surface area contributed by atoms with E-state index in [1.54, 1.807) is 6.92 Å². The molecule has 3 unspecified atom stereocenters. The summed E-state index contributed by atoms with van der Waals surface area (Å²) in [6.07, 6.45) is 0.609. The molecular weight excluding hydrogens is 292 g/mol. The standard InChI is InChI=1S/C13H24N4O5/c1-4-7(2)11(13(22)16-6-10(19)20)17-9(18)5-15-12(21)8(3)14/h7-8,11H,4-6,14H2,1-3H3,(H,15,21)(H,16,22)(H,17,18)(H,19,20). The number of nitrogens with two attached hydrogens (primary N) is 1. The Morgan fingerprint density at radius 1 is 1.05 bits per heavy atom. The van der Waals surface area contributed by atoms with Crippen LogP contribution in [0.25, 0.3) is 0 Å². The van der Waals surface area contributed by atoms with Crippen molar-refractivity contribution in [3.8, 4) is 0 Å². The van der Waals surface area contributed by atoms with Crippen molar-refractivity contribution >= 4 is 23.7 Å². The SMILES string of the molecule is CCC(C)C(NC(=O)CNC(=O)C(C)N)C(=O)NCC(=O)O. The van der Waals surface area contributed by atoms with E-state index in [2.05, 4.69) is 16.0 Å². The minimum Gasteiger partial charge on any atom is -0.480 e. The number of rotatable bonds is 9. The molecule has 126 valence electrons. The summed E-state index contributed by atoms with van der Waals surface area (Å²) in [6.45, 7) is 4.25. The molecule has 0 heterocycles. The first-order valence-electron chi connectivity index (χ1n) is 7.01. The number of amides is 3. The van der Waals surface area contributed by atoms with Crippen LogP contribution in [0.1, 0.15) is 27.2 Å². The third kappa shape index (κ3) is 7.58. The third-order valence-electron chi connectivity index (χ3n) is 3.06. The fourth-order valence-electron chi connectivity index (χ4n) is 1.53. The first kappa shape index (κ1) is 19.8. The van der Waals surface area contributed by atoms with Gasteiger partial charge in [0.2, 0.25) is 17.7 Å². The van der Waals surface area contributed by atoms with Crippen molar-refractivity contribution in [1.29, 1.82) is 0 Å². The van der Waals surface area contributed by atoms with Gasteiger partial charge in [-0.2, -0.15) is 0 Å². The molecule has 22 heavy (non-hydrogen) atoms. The van der Waals surface area contributed by atoms with E-state index in [0.717, 1.165) is 0 Å². The molecule has 0 saturated carbocycles. The molecular formula is C13H24N4O5. The van der Waals surface area contributed by atoms with E-state index >= 15 is 0 Å². The van der Waals surface area contributed by atoms with Gasteiger partial charge in [0.1, 0.15) is 12.6 Å². The zero-order valence-electron chi connectivity index (χ0n) is 13.0. The summed E-state index contributed by atoms with van der Waals surface area (Å²) in [5, 5.41) is 15.6. The van der Waals surface area contributed by atoms with Gasteiger partial charge in [-0.05, 0) is 12.8 Å². The maximum atomic E-state index is 11.9. The molecule has 0 rings (SSSR count). The summed E-state index contributed by atoms with van der Waals surface area (Å²) in [4.78, 5) is 45.5. The van der Waals surface area contributed by atoms with E-state index in [9.17, 15) is 19.2 Å². The molecule has 0 aromatic rings. The lowest BCUT2D eigenvalue weighted by Crippen LogP contribution is -2.53. The lowest BCUT2D eigenvalue weighted by Gasteiger charge is -2.23. The van der Waals surface area contributed by atoms with Gasteiger partial charge in [-0.3, -0.25) is 19.2 Å². The van der Waals surface area contributed by atoms with Crippen LogP contribution in [0.3, 0.4) is 0 Å². The van der Waals surface area contributed by atoms with Gasteiger partial charge >= 0.3 is 5.97 Å². The zero-order chi connectivity index (χ0) is 17.3. The van der Waals surface area contributed by atoms with Gasteiger partial charge < -0.3 is 26.8 Å². The van der Waals surface area contributed by atoms with E-state index in [4.69, 9.17) is 10.8 Å². The molecule has 0 aromatic carbocycles. The number of hydrogen-bond donors (Lipinski definition) is 5. The van der Waals surface area contributed by atoms with E-state index in [0.29, 0.717) is 6.42 Å². The summed E-state index contributed by atoms with van der Waals surface area (Å²) < 4.78 is 0. The van der Waals surface area contributed by atoms with Gasteiger partial charge in [0.25, 0.3) is 0 Å². The number of nitrogens with one attached hydrogen (secondary N) is 3. The van der Waals surface area contributed by atoms with Crippen LogP contribution in [-0.4, -0.2) is 54.0 Å². The van der Waals surface area contributed by atoms with Crippen LogP contribution >= 0.6 is 0 Å². The Bertz CT molecular complexity index is 425. The van der Waals surface area contributed by atoms with Crippen LogP contribution < -0.4 is 21.7 Å². The molecule has 9 nitrogen and oxygen atoms in total. The Labute approximate surface area is 129 Å². The Hall–Kier alpha value is -2.16. The molecule has 0 aliphatic carbocycles. The van der Waals surface area contributed by atoms with Crippen LogP contribution in [0, 0.1) is 5.92 Å². The minimum atomic E-state index is -1.17. The molecule has 0 bridgehead atoms. The monoisotopic (exact) mass is 316 g/mol. The molecule has 3 amide bonds. The molecule has 9 heteroatoms. The number of carbonyl (C=O) groups is 4. The predicted octanol–water partition coefficient (Wildman–Crippen LogP) is -1.82. The Morgan fingerprint density at radius 3 is 2.05 bits per heavy atom. The van der Waals surface area contributed by atoms with E-state index in [1.165, 1.54) is 6.92 Å². The quantitative estimate of drug-likeness (QED) is 0.338. The van der Waals surface area contributed by atoms with E-state index in [1.807, 2.05) is 6.92 Å². The second kappa shape index (κ2) is 9.72. The fraction of sp³-hybridized carbons (Fsp3) is 0.692. The minimum absolute atomic E-state index is 0.193. The highest BCUT2D eigenvalue weighted by molar-refractivity contribution is 5.92. The number of carboxylic acid groups (broad SMARTS) is 1. The van der Waals surface area contributed by atoms with Gasteiger partial charge in [0.05, 0.1) is 12.6 Å². The highest BCUT2D eigenvalue weighted by Gasteiger charge is 2.26. The van der Waals surface area contributed by atoms with Crippen LogP contribution in [-0.2, 0) is 19.2 Å². The number of carbonyl (C=O) groups excluding carboxylic acids is 3. The predicted molar refractivity (Wildman–Crippen MR) is 78.7 cm³/mol. The lowest BCUT2D eigenvalue weighted by molar-refractivity contribution is -0.138. The van der Waals surface area contributed by atoms with Crippen LogP contribution in [0.15, 0.2) is 0 Å². The summed E-state index contributed by atoms with van der Waals surface area (Å²) >= 11 is 0. The van der Waals surface area contributed by atoms with Crippen molar-refractivity contribution in [1.82, 2.24) is 16.0 Å². The van der Waals surface area contributed by atoms with Gasteiger partial charge in [-0.25, -0.2) is 0 Å². The molecule has 0 aliphatic heterocycles. The summed E-state index contributed by atoms with van der Waals surface area (Å²) in [5.41, 5.74) is 5.35. The molecule has 0 radical (unpaired) electrons. The van der Waals surface area contributed by atoms with E-state index in [-0.39, 0.29) is 12.5 Å². The second-order valence-electron chi connectivity index (χ2n) is 5.05. The van der Waals surface area contributed by atoms with E-state index < -0.39 is 42.3 Å². The first-order valence-corrected chi connectivity index (χ1v) is 7.01. The van der Waals surface area contributed by atoms with Crippen molar-refractivity contribution in [3.05, 3.63) is 0 Å². The Balaban J connectivity index is 4.58. The third-order valence-corrected chi connectivity index (χ3v) is 3.06. The topological polar surface area (TPSA) is 151 Å². The molecule has 0 fully saturated rings. The van der Waals surface area contributed by atoms with Crippen LogP contribution in [0.5, 0.6) is 0 Å². The second-order valence-corrected chi connectivity index (χ2v) is 5.05. The summed E-state index contributed by atoms with van der Waals surface area (Å²) in [6, 6.07) is -1.61. The largest absolute Gasteiger partial charge is 0.480 e. The maximum absolute atomic E-state index is 11.9. The zero-order valence-corrected chi connectivity index (χ0v) is 13.0. The summed E-state index contributed by atoms with van der Waals surface area (Å²) in [7, 11) is 0. The summed E-state index contributed by atoms with van der Waals surface area (Å²) in [5.74, 6) is -2.98. The Morgan fingerprint density at radius 2 is 1.59 bits per heavy atom. The highest BCUT2D eigenvalue weighted by Crippen LogP contribution is 2.07. The smallest absolute Gasteiger partial charge is 0.322 e. The van der Waals surface area contributed by atoms with Crippen molar-refractivity contribution < 1.29 is 24.3 Å². The van der Waals surface area contributed by atoms with Gasteiger partial charge in [0.15, 0.2) is 0 Å². The molecule has 0 aromatic heterocycles. The van der Waals surface area contributed by atoms with Gasteiger partial charge in [-0.1, -0.05) is 20.3 Å². The number of carboxylic acids is 1. The van der Waals surface area contributed by atoms with Crippen molar-refractivity contribution in [2.45, 2.75) is 39.3 Å². The Kier molecular flexibility index (Phi) is 8.76. The highest BCUT2D eigenvalue weighted by atomic mass is 16.4. The molecule has 0 saturated heterocycles. The van der Waals surface area contributed by atoms with Crippen LogP contribution in [0.2, 0.25) is 0 Å².